The summed E-state index contributed by atoms with van der Waals surface area (Å²) in [5.74, 6) is 3.84. The summed E-state index contributed by atoms with van der Waals surface area (Å²) >= 11 is 0. The highest BCUT2D eigenvalue weighted by Crippen LogP contribution is 2.59. The van der Waals surface area contributed by atoms with Crippen molar-refractivity contribution in [1.29, 1.82) is 0 Å². The molecule has 0 amide bonds. The molecule has 6 rings (SSSR count). The van der Waals surface area contributed by atoms with Crippen LogP contribution in [0.2, 0.25) is 19.6 Å². The molecule has 0 saturated heterocycles. The lowest BCUT2D eigenvalue weighted by Crippen LogP contribution is -2.44. The summed E-state index contributed by atoms with van der Waals surface area (Å²) in [6, 6.07) is 18.2. The molecule has 152 valence electrons. The highest BCUT2D eigenvalue weighted by molar-refractivity contribution is 6.83. The van der Waals surface area contributed by atoms with Crippen LogP contribution in [0.3, 0.4) is 0 Å². The smallest absolute Gasteiger partial charge is 0.179 e. The minimum atomic E-state index is -1.28. The Hall–Kier alpha value is -2.37. The van der Waals surface area contributed by atoms with Gasteiger partial charge in [-0.1, -0.05) is 74.2 Å². The molecule has 2 bridgehead atoms. The highest BCUT2D eigenvalue weighted by atomic mass is 28.3. The molecule has 2 aromatic carbocycles. The average Bonchev–Trinajstić information content (AvgIpc) is 2.95. The zero-order valence-electron chi connectivity index (χ0n) is 18.9. The van der Waals surface area contributed by atoms with Gasteiger partial charge in [0, 0.05) is 38.2 Å². The van der Waals surface area contributed by atoms with Crippen molar-refractivity contribution < 1.29 is 4.58 Å². The zero-order chi connectivity index (χ0) is 21.1. The first-order chi connectivity index (χ1) is 14.2. The van der Waals surface area contributed by atoms with Crippen molar-refractivity contribution in [3.63, 3.8) is 0 Å². The van der Waals surface area contributed by atoms with Crippen molar-refractivity contribution >= 4 is 14.3 Å². The molecule has 1 spiro atoms. The van der Waals surface area contributed by atoms with Crippen LogP contribution in [0.25, 0.3) is 0 Å². The number of hydrogen-bond acceptors (Lipinski definition) is 0. The third-order valence-corrected chi connectivity index (χ3v) is 8.02. The SMILES string of the molecule is CC1(C)C2=CC3c4ccccc4C2(C=[N+]1CCCC#C[Si](C)(C)C)c1ccccc13. The summed E-state index contributed by atoms with van der Waals surface area (Å²) in [4.78, 5) is 0. The lowest BCUT2D eigenvalue weighted by molar-refractivity contribution is -0.580. The van der Waals surface area contributed by atoms with Crippen LogP contribution in [0.5, 0.6) is 0 Å². The third kappa shape index (κ3) is 2.72. The van der Waals surface area contributed by atoms with E-state index in [1.807, 2.05) is 0 Å². The van der Waals surface area contributed by atoms with Crippen LogP contribution >= 0.6 is 0 Å². The van der Waals surface area contributed by atoms with Gasteiger partial charge in [0.15, 0.2) is 11.8 Å². The second kappa shape index (κ2) is 6.56. The van der Waals surface area contributed by atoms with Crippen molar-refractivity contribution in [3.05, 3.63) is 82.4 Å². The maximum absolute atomic E-state index is 3.52. The summed E-state index contributed by atoms with van der Waals surface area (Å²) in [6.07, 6.45) is 7.24. The maximum Gasteiger partial charge on any atom is 0.179 e. The van der Waals surface area contributed by atoms with Crippen molar-refractivity contribution in [1.82, 2.24) is 0 Å². The summed E-state index contributed by atoms with van der Waals surface area (Å²) in [5, 5.41) is 0. The van der Waals surface area contributed by atoms with Gasteiger partial charge in [-0.05, 0) is 22.3 Å². The number of nitrogens with zero attached hydrogens (tertiary/aromatic N) is 1. The Balaban J connectivity index is 1.58. The molecule has 0 radical (unpaired) electrons. The van der Waals surface area contributed by atoms with Crippen molar-refractivity contribution in [2.75, 3.05) is 6.54 Å². The fourth-order valence-corrected chi connectivity index (χ4v) is 6.44. The molecular formula is C28H32NSi+. The quantitative estimate of drug-likeness (QED) is 0.195. The van der Waals surface area contributed by atoms with Gasteiger partial charge in [0.05, 0.1) is 0 Å². The molecule has 0 unspecified atom stereocenters. The molecule has 0 fully saturated rings. The Labute approximate surface area is 182 Å². The number of rotatable bonds is 3. The first kappa shape index (κ1) is 19.6. The number of hydrogen-bond donors (Lipinski definition) is 0. The van der Waals surface area contributed by atoms with Crippen LogP contribution in [0.15, 0.2) is 60.2 Å². The van der Waals surface area contributed by atoms with Crippen LogP contribution in [0, 0.1) is 11.5 Å². The Morgan fingerprint density at radius 2 is 1.53 bits per heavy atom. The minimum Gasteiger partial charge on any atom is -0.229 e. The van der Waals surface area contributed by atoms with Crippen LogP contribution in [0.1, 0.15) is 54.9 Å². The predicted octanol–water partition coefficient (Wildman–Crippen LogP) is 5.89. The molecule has 0 N–H and O–H groups in total. The van der Waals surface area contributed by atoms with E-state index in [-0.39, 0.29) is 11.0 Å². The van der Waals surface area contributed by atoms with Crippen LogP contribution in [0.4, 0.5) is 0 Å². The first-order valence-corrected chi connectivity index (χ1v) is 14.8. The van der Waals surface area contributed by atoms with E-state index in [0.29, 0.717) is 5.92 Å². The summed E-state index contributed by atoms with van der Waals surface area (Å²) < 4.78 is 2.61. The normalized spacial score (nSPS) is 24.8. The van der Waals surface area contributed by atoms with Gasteiger partial charge < -0.3 is 0 Å². The van der Waals surface area contributed by atoms with Gasteiger partial charge in [-0.3, -0.25) is 0 Å². The molecule has 0 aromatic heterocycles. The zero-order valence-corrected chi connectivity index (χ0v) is 19.9. The van der Waals surface area contributed by atoms with Crippen LogP contribution < -0.4 is 0 Å². The van der Waals surface area contributed by atoms with E-state index in [1.54, 1.807) is 5.57 Å². The molecule has 0 atom stereocenters. The lowest BCUT2D eigenvalue weighted by atomic mass is 9.54. The van der Waals surface area contributed by atoms with Gasteiger partial charge in [0.1, 0.15) is 20.0 Å². The monoisotopic (exact) mass is 410 g/mol. The topological polar surface area (TPSA) is 3.01 Å². The molecule has 1 nitrogen and oxygen atoms in total. The second-order valence-electron chi connectivity index (χ2n) is 10.6. The third-order valence-electron chi connectivity index (χ3n) is 7.09. The molecule has 2 aromatic rings. The second-order valence-corrected chi connectivity index (χ2v) is 15.3. The molecule has 4 aliphatic rings. The number of unbranched alkanes of at least 4 members (excludes halogenated alkanes) is 1. The van der Waals surface area contributed by atoms with Crippen molar-refractivity contribution in [2.24, 2.45) is 0 Å². The first-order valence-electron chi connectivity index (χ1n) is 11.3. The minimum absolute atomic E-state index is 0.0194. The molecule has 30 heavy (non-hydrogen) atoms. The Bertz CT molecular complexity index is 1100. The fourth-order valence-electron chi connectivity index (χ4n) is 5.79. The lowest BCUT2D eigenvalue weighted by Gasteiger charge is -2.44. The molecule has 3 aliphatic carbocycles. The highest BCUT2D eigenvalue weighted by Gasteiger charge is 2.62. The van der Waals surface area contributed by atoms with Gasteiger partial charge in [-0.15, -0.1) is 11.5 Å². The number of allylic oxidation sites excluding steroid dienone is 1. The van der Waals surface area contributed by atoms with E-state index in [4.69, 9.17) is 0 Å². The van der Waals surface area contributed by atoms with Crippen molar-refractivity contribution in [2.45, 2.75) is 63.2 Å². The maximum atomic E-state index is 3.52. The van der Waals surface area contributed by atoms with Gasteiger partial charge in [-0.2, -0.15) is 0 Å². The van der Waals surface area contributed by atoms with Gasteiger partial charge >= 0.3 is 0 Å². The summed E-state index contributed by atoms with van der Waals surface area (Å²) in [5.41, 5.74) is 10.9. The van der Waals surface area contributed by atoms with E-state index in [0.717, 1.165) is 19.4 Å². The number of benzene rings is 2. The van der Waals surface area contributed by atoms with Crippen LogP contribution in [-0.2, 0) is 5.41 Å². The van der Waals surface area contributed by atoms with E-state index < -0.39 is 8.07 Å². The van der Waals surface area contributed by atoms with Crippen molar-refractivity contribution in [3.8, 4) is 11.5 Å². The van der Waals surface area contributed by atoms with Gasteiger partial charge in [-0.25, -0.2) is 4.58 Å². The van der Waals surface area contributed by atoms with E-state index in [2.05, 4.69) is 110 Å². The van der Waals surface area contributed by atoms with Gasteiger partial charge in [0.25, 0.3) is 0 Å². The van der Waals surface area contributed by atoms with Gasteiger partial charge in [0.2, 0.25) is 0 Å². The van der Waals surface area contributed by atoms with E-state index in [9.17, 15) is 0 Å². The van der Waals surface area contributed by atoms with E-state index >= 15 is 0 Å². The van der Waals surface area contributed by atoms with E-state index in [1.165, 1.54) is 22.3 Å². The molecule has 1 aliphatic heterocycles. The average molecular weight is 411 g/mol. The summed E-state index contributed by atoms with van der Waals surface area (Å²) in [7, 11) is -1.28. The molecule has 2 heteroatoms. The molecular weight excluding hydrogens is 378 g/mol. The Morgan fingerprint density at radius 1 is 0.933 bits per heavy atom. The summed E-state index contributed by atoms with van der Waals surface area (Å²) in [6.45, 7) is 12.8. The largest absolute Gasteiger partial charge is 0.229 e. The molecule has 0 saturated carbocycles. The van der Waals surface area contributed by atoms with Crippen LogP contribution in [-0.4, -0.2) is 30.9 Å². The predicted molar refractivity (Wildman–Crippen MR) is 129 cm³/mol. The fraction of sp³-hybridized carbons (Fsp3) is 0.393. The molecule has 1 heterocycles. The standard InChI is InChI=1S/C28H32NSi/c1-27(2)26-19-23-21-13-7-9-15-24(21)28(26,25-16-10-8-14-22(23)25)20-29(27)17-11-6-12-18-30(3,4)5/h7-10,13-16,19-20,23H,6,11,17H2,1-5H3/q+1. The Kier molecular flexibility index (Phi) is 4.28. The Morgan fingerprint density at radius 3 is 2.13 bits per heavy atom.